The van der Waals surface area contributed by atoms with Gasteiger partial charge in [0.25, 0.3) is 0 Å². The fraction of sp³-hybridized carbons (Fsp3) is 0.0667. The van der Waals surface area contributed by atoms with Crippen molar-refractivity contribution in [3.8, 4) is 22.0 Å². The van der Waals surface area contributed by atoms with Crippen LogP contribution in [0.25, 0.3) is 22.0 Å². The number of rotatable bonds is 3. The molecule has 0 saturated carbocycles. The molecular formula is C15H11N3O2S. The first-order chi connectivity index (χ1) is 10.1. The van der Waals surface area contributed by atoms with Crippen LogP contribution in [0.15, 0.2) is 42.6 Å². The molecule has 1 aromatic carbocycles. The first-order valence-corrected chi connectivity index (χ1v) is 7.06. The van der Waals surface area contributed by atoms with E-state index < -0.39 is 5.97 Å². The molecule has 0 fully saturated rings. The van der Waals surface area contributed by atoms with Crippen LogP contribution in [0.1, 0.15) is 15.5 Å². The van der Waals surface area contributed by atoms with E-state index in [-0.39, 0.29) is 4.88 Å². The number of nitrogens with zero attached hydrogens (tertiary/aromatic N) is 3. The van der Waals surface area contributed by atoms with Crippen LogP contribution in [0.3, 0.4) is 0 Å². The summed E-state index contributed by atoms with van der Waals surface area (Å²) in [6, 6.07) is 11.0. The Kier molecular flexibility index (Phi) is 3.45. The molecule has 2 heterocycles. The molecule has 0 spiro atoms. The van der Waals surface area contributed by atoms with Crippen LogP contribution < -0.4 is 0 Å². The number of aromatic carboxylic acids is 1. The van der Waals surface area contributed by atoms with Crippen molar-refractivity contribution in [3.05, 3.63) is 53.3 Å². The Hall–Kier alpha value is -2.60. The minimum Gasteiger partial charge on any atom is -0.477 e. The number of hydrogen-bond acceptors (Lipinski definition) is 5. The number of benzene rings is 1. The Balaban J connectivity index is 2.15. The highest BCUT2D eigenvalue weighted by atomic mass is 32.1. The van der Waals surface area contributed by atoms with Crippen molar-refractivity contribution >= 4 is 17.3 Å². The summed E-state index contributed by atoms with van der Waals surface area (Å²) in [5.41, 5.74) is 1.89. The summed E-state index contributed by atoms with van der Waals surface area (Å²) in [6.45, 7) is 1.79. The van der Waals surface area contributed by atoms with E-state index in [9.17, 15) is 9.90 Å². The van der Waals surface area contributed by atoms with Gasteiger partial charge in [0.15, 0.2) is 0 Å². The molecule has 1 N–H and O–H groups in total. The third-order valence-electron chi connectivity index (χ3n) is 2.86. The lowest BCUT2D eigenvalue weighted by molar-refractivity contribution is 0.0702. The average Bonchev–Trinajstić information content (AvgIpc) is 2.93. The molecule has 0 bridgehead atoms. The molecule has 0 amide bonds. The largest absolute Gasteiger partial charge is 0.477 e. The molecule has 0 aliphatic heterocycles. The van der Waals surface area contributed by atoms with E-state index in [1.807, 2.05) is 30.3 Å². The molecule has 0 aliphatic carbocycles. The van der Waals surface area contributed by atoms with Gasteiger partial charge in [0, 0.05) is 11.8 Å². The second-order valence-corrected chi connectivity index (χ2v) is 5.36. The van der Waals surface area contributed by atoms with Crippen LogP contribution in [0.4, 0.5) is 0 Å². The molecule has 0 saturated heterocycles. The SMILES string of the molecule is Cc1nccc(-c2nc(-c3ccccc3)c(C(=O)O)s2)n1. The second-order valence-electron chi connectivity index (χ2n) is 4.36. The van der Waals surface area contributed by atoms with Gasteiger partial charge in [0.05, 0.1) is 5.69 Å². The zero-order chi connectivity index (χ0) is 14.8. The minimum absolute atomic E-state index is 0.215. The molecule has 0 aliphatic rings. The molecule has 3 rings (SSSR count). The summed E-state index contributed by atoms with van der Waals surface area (Å²) in [5, 5.41) is 9.96. The number of aromatic nitrogens is 3. The van der Waals surface area contributed by atoms with Crippen LogP contribution in [0.2, 0.25) is 0 Å². The summed E-state index contributed by atoms with van der Waals surface area (Å²) >= 11 is 1.12. The fourth-order valence-corrected chi connectivity index (χ4v) is 2.84. The van der Waals surface area contributed by atoms with Crippen LogP contribution in [-0.4, -0.2) is 26.0 Å². The zero-order valence-electron chi connectivity index (χ0n) is 11.1. The van der Waals surface area contributed by atoms with Gasteiger partial charge >= 0.3 is 5.97 Å². The van der Waals surface area contributed by atoms with Crippen molar-refractivity contribution in [2.45, 2.75) is 6.92 Å². The lowest BCUT2D eigenvalue weighted by Crippen LogP contribution is -1.95. The standard InChI is InChI=1S/C15H11N3O2S/c1-9-16-8-7-11(17-9)14-18-12(13(21-14)15(19)20)10-5-3-2-4-6-10/h2-8H,1H3,(H,19,20). The van der Waals surface area contributed by atoms with E-state index in [1.54, 1.807) is 19.2 Å². The second kappa shape index (κ2) is 5.41. The van der Waals surface area contributed by atoms with Crippen molar-refractivity contribution in [3.63, 3.8) is 0 Å². The summed E-state index contributed by atoms with van der Waals surface area (Å²) in [6.07, 6.45) is 1.64. The first kappa shape index (κ1) is 13.4. The van der Waals surface area contributed by atoms with Gasteiger partial charge in [-0.15, -0.1) is 11.3 Å². The van der Waals surface area contributed by atoms with E-state index in [1.165, 1.54) is 0 Å². The number of carbonyl (C=O) groups is 1. The number of hydrogen-bond donors (Lipinski definition) is 1. The van der Waals surface area contributed by atoms with E-state index >= 15 is 0 Å². The third-order valence-corrected chi connectivity index (χ3v) is 3.93. The molecule has 5 nitrogen and oxygen atoms in total. The topological polar surface area (TPSA) is 76.0 Å². The van der Waals surface area contributed by atoms with Crippen molar-refractivity contribution in [1.82, 2.24) is 15.0 Å². The summed E-state index contributed by atoms with van der Waals surface area (Å²) in [5.74, 6) is -0.357. The maximum atomic E-state index is 11.4. The highest BCUT2D eigenvalue weighted by molar-refractivity contribution is 7.17. The number of carboxylic acids is 1. The molecule has 6 heteroatoms. The van der Waals surface area contributed by atoms with Crippen LogP contribution in [0.5, 0.6) is 0 Å². The first-order valence-electron chi connectivity index (χ1n) is 6.24. The van der Waals surface area contributed by atoms with Gasteiger partial charge < -0.3 is 5.11 Å². The molecular weight excluding hydrogens is 286 g/mol. The van der Waals surface area contributed by atoms with Gasteiger partial charge in [0.1, 0.15) is 21.4 Å². The Morgan fingerprint density at radius 2 is 1.90 bits per heavy atom. The average molecular weight is 297 g/mol. The minimum atomic E-state index is -0.983. The lowest BCUT2D eigenvalue weighted by Gasteiger charge is -1.97. The van der Waals surface area contributed by atoms with Gasteiger partial charge in [-0.25, -0.2) is 19.7 Å². The summed E-state index contributed by atoms with van der Waals surface area (Å²) in [4.78, 5) is 24.5. The third kappa shape index (κ3) is 2.66. The van der Waals surface area contributed by atoms with Crippen molar-refractivity contribution in [2.24, 2.45) is 0 Å². The normalized spacial score (nSPS) is 10.5. The smallest absolute Gasteiger partial charge is 0.348 e. The number of thiazole rings is 1. The van der Waals surface area contributed by atoms with Gasteiger partial charge in [0.2, 0.25) is 0 Å². The van der Waals surface area contributed by atoms with Gasteiger partial charge in [-0.05, 0) is 13.0 Å². The van der Waals surface area contributed by atoms with E-state index in [4.69, 9.17) is 0 Å². The van der Waals surface area contributed by atoms with Gasteiger partial charge in [-0.2, -0.15) is 0 Å². The Bertz CT molecular complexity index is 800. The maximum absolute atomic E-state index is 11.4. The predicted molar refractivity (Wildman–Crippen MR) is 80.3 cm³/mol. The molecule has 0 atom stereocenters. The lowest BCUT2D eigenvalue weighted by atomic mass is 10.1. The molecule has 21 heavy (non-hydrogen) atoms. The van der Waals surface area contributed by atoms with Crippen LogP contribution >= 0.6 is 11.3 Å². The Labute approximate surface area is 125 Å². The fourth-order valence-electron chi connectivity index (χ4n) is 1.94. The van der Waals surface area contributed by atoms with Crippen LogP contribution in [0, 0.1) is 6.92 Å². The monoisotopic (exact) mass is 297 g/mol. The highest BCUT2D eigenvalue weighted by Crippen LogP contribution is 2.32. The maximum Gasteiger partial charge on any atom is 0.348 e. The van der Waals surface area contributed by atoms with Crippen molar-refractivity contribution in [2.75, 3.05) is 0 Å². The predicted octanol–water partition coefficient (Wildman–Crippen LogP) is 3.27. The van der Waals surface area contributed by atoms with E-state index in [0.29, 0.717) is 22.2 Å². The van der Waals surface area contributed by atoms with Gasteiger partial charge in [-0.1, -0.05) is 30.3 Å². The summed E-state index contributed by atoms with van der Waals surface area (Å²) in [7, 11) is 0. The van der Waals surface area contributed by atoms with E-state index in [0.717, 1.165) is 16.9 Å². The highest BCUT2D eigenvalue weighted by Gasteiger charge is 2.20. The Morgan fingerprint density at radius 3 is 2.57 bits per heavy atom. The quantitative estimate of drug-likeness (QED) is 0.803. The zero-order valence-corrected chi connectivity index (χ0v) is 12.0. The molecule has 0 unspecified atom stereocenters. The van der Waals surface area contributed by atoms with E-state index in [2.05, 4.69) is 15.0 Å². The molecule has 0 radical (unpaired) electrons. The van der Waals surface area contributed by atoms with Crippen molar-refractivity contribution in [1.29, 1.82) is 0 Å². The number of carboxylic acid groups (broad SMARTS) is 1. The van der Waals surface area contributed by atoms with Crippen molar-refractivity contribution < 1.29 is 9.90 Å². The molecule has 104 valence electrons. The van der Waals surface area contributed by atoms with Gasteiger partial charge in [-0.3, -0.25) is 0 Å². The summed E-state index contributed by atoms with van der Waals surface area (Å²) < 4.78 is 0. The Morgan fingerprint density at radius 1 is 1.14 bits per heavy atom. The number of aryl methyl sites for hydroxylation is 1. The van der Waals surface area contributed by atoms with Crippen LogP contribution in [-0.2, 0) is 0 Å². The molecule has 3 aromatic rings. The molecule has 2 aromatic heterocycles.